The lowest BCUT2D eigenvalue weighted by molar-refractivity contribution is 0.102. The van der Waals surface area contributed by atoms with Gasteiger partial charge < -0.3 is 5.32 Å². The predicted molar refractivity (Wildman–Crippen MR) is 63.3 cm³/mol. The molecule has 2 aromatic rings. The van der Waals surface area contributed by atoms with Gasteiger partial charge in [0, 0.05) is 17.8 Å². The summed E-state index contributed by atoms with van der Waals surface area (Å²) in [5.41, 5.74) is 0.681. The fourth-order valence-electron chi connectivity index (χ4n) is 1.48. The number of anilines is 1. The van der Waals surface area contributed by atoms with Gasteiger partial charge >= 0.3 is 0 Å². The van der Waals surface area contributed by atoms with Crippen LogP contribution in [0.25, 0.3) is 0 Å². The lowest BCUT2D eigenvalue weighted by Gasteiger charge is -2.07. The van der Waals surface area contributed by atoms with Crippen molar-refractivity contribution in [2.75, 3.05) is 5.32 Å². The summed E-state index contributed by atoms with van der Waals surface area (Å²) in [6.07, 6.45) is 1.52. The van der Waals surface area contributed by atoms with E-state index in [1.54, 1.807) is 19.1 Å². The Hall–Kier alpha value is -2.30. The molecule has 0 saturated heterocycles. The molecular weight excluding hydrogens is 238 g/mol. The fraction of sp³-hybridized carbons (Fsp3) is 0.0769. The number of amides is 1. The summed E-state index contributed by atoms with van der Waals surface area (Å²) in [6, 6.07) is 6.15. The summed E-state index contributed by atoms with van der Waals surface area (Å²) in [6.45, 7) is 1.77. The summed E-state index contributed by atoms with van der Waals surface area (Å²) in [7, 11) is 0. The summed E-state index contributed by atoms with van der Waals surface area (Å²) < 4.78 is 25.9. The van der Waals surface area contributed by atoms with Gasteiger partial charge in [0.2, 0.25) is 0 Å². The molecule has 0 spiro atoms. The van der Waals surface area contributed by atoms with E-state index in [2.05, 4.69) is 10.3 Å². The van der Waals surface area contributed by atoms with Crippen LogP contribution in [0.4, 0.5) is 14.6 Å². The number of pyridine rings is 1. The molecular formula is C13H10F2N2O. The number of nitrogens with zero attached hydrogens (tertiary/aromatic N) is 1. The molecule has 0 aliphatic carbocycles. The molecule has 1 heterocycles. The number of hydrogen-bond acceptors (Lipinski definition) is 2. The monoisotopic (exact) mass is 248 g/mol. The van der Waals surface area contributed by atoms with Crippen LogP contribution in [0.5, 0.6) is 0 Å². The van der Waals surface area contributed by atoms with E-state index in [0.717, 1.165) is 17.7 Å². The fourth-order valence-corrected chi connectivity index (χ4v) is 1.48. The van der Waals surface area contributed by atoms with E-state index in [0.29, 0.717) is 11.9 Å². The van der Waals surface area contributed by atoms with E-state index >= 15 is 0 Å². The molecule has 0 atom stereocenters. The molecule has 3 nitrogen and oxygen atoms in total. The number of carbonyl (C=O) groups excluding carboxylic acids is 1. The topological polar surface area (TPSA) is 42.0 Å². The highest BCUT2D eigenvalue weighted by molar-refractivity contribution is 6.04. The smallest absolute Gasteiger partial charge is 0.257 e. The molecule has 1 N–H and O–H groups in total. The van der Waals surface area contributed by atoms with Gasteiger partial charge in [-0.25, -0.2) is 13.8 Å². The van der Waals surface area contributed by atoms with Crippen molar-refractivity contribution < 1.29 is 13.6 Å². The highest BCUT2D eigenvalue weighted by atomic mass is 19.1. The van der Waals surface area contributed by atoms with Gasteiger partial charge in [0.05, 0.1) is 0 Å². The Bertz CT molecular complexity index is 579. The van der Waals surface area contributed by atoms with Crippen molar-refractivity contribution in [1.29, 1.82) is 0 Å². The standard InChI is InChI=1S/C13H10F2N2O/c1-8-3-2-4-16-12(8)17-13(18)9-5-10(14)7-11(15)6-9/h2-7H,1H3,(H,16,17,18). The van der Waals surface area contributed by atoms with E-state index in [1.165, 1.54) is 6.20 Å². The van der Waals surface area contributed by atoms with Gasteiger partial charge in [-0.1, -0.05) is 6.07 Å². The summed E-state index contributed by atoms with van der Waals surface area (Å²) in [4.78, 5) is 15.8. The van der Waals surface area contributed by atoms with Gasteiger partial charge in [-0.2, -0.15) is 0 Å². The zero-order valence-electron chi connectivity index (χ0n) is 9.58. The maximum absolute atomic E-state index is 13.0. The van der Waals surface area contributed by atoms with Crippen LogP contribution in [-0.4, -0.2) is 10.9 Å². The Morgan fingerprint density at radius 2 is 1.89 bits per heavy atom. The Morgan fingerprint density at radius 3 is 2.50 bits per heavy atom. The van der Waals surface area contributed by atoms with Crippen LogP contribution in [0, 0.1) is 18.6 Å². The van der Waals surface area contributed by atoms with Crippen molar-refractivity contribution in [1.82, 2.24) is 4.98 Å². The number of benzene rings is 1. The van der Waals surface area contributed by atoms with Crippen molar-refractivity contribution in [2.45, 2.75) is 6.92 Å². The molecule has 0 radical (unpaired) electrons. The number of hydrogen-bond donors (Lipinski definition) is 1. The number of aryl methyl sites for hydroxylation is 1. The third-order valence-corrected chi connectivity index (χ3v) is 2.37. The van der Waals surface area contributed by atoms with Crippen LogP contribution in [0.3, 0.4) is 0 Å². The molecule has 0 saturated carbocycles. The lowest BCUT2D eigenvalue weighted by Crippen LogP contribution is -2.14. The Morgan fingerprint density at radius 1 is 1.22 bits per heavy atom. The highest BCUT2D eigenvalue weighted by Gasteiger charge is 2.10. The molecule has 1 aromatic carbocycles. The maximum atomic E-state index is 13.0. The predicted octanol–water partition coefficient (Wildman–Crippen LogP) is 2.92. The van der Waals surface area contributed by atoms with Crippen LogP contribution >= 0.6 is 0 Å². The van der Waals surface area contributed by atoms with Crippen molar-refractivity contribution >= 4 is 11.7 Å². The van der Waals surface area contributed by atoms with Crippen molar-refractivity contribution in [3.8, 4) is 0 Å². The average molecular weight is 248 g/mol. The van der Waals surface area contributed by atoms with E-state index in [9.17, 15) is 13.6 Å². The number of halogens is 2. The largest absolute Gasteiger partial charge is 0.306 e. The van der Waals surface area contributed by atoms with Crippen LogP contribution in [0.15, 0.2) is 36.5 Å². The minimum Gasteiger partial charge on any atom is -0.306 e. The van der Waals surface area contributed by atoms with Gasteiger partial charge in [0.25, 0.3) is 5.91 Å². The first-order valence-electron chi connectivity index (χ1n) is 5.25. The molecule has 5 heteroatoms. The number of rotatable bonds is 2. The molecule has 0 aliphatic heterocycles. The van der Waals surface area contributed by atoms with Crippen molar-refractivity contribution in [2.24, 2.45) is 0 Å². The average Bonchev–Trinajstić information content (AvgIpc) is 2.31. The van der Waals surface area contributed by atoms with Gasteiger partial charge in [-0.3, -0.25) is 4.79 Å². The normalized spacial score (nSPS) is 10.2. The molecule has 0 fully saturated rings. The molecule has 18 heavy (non-hydrogen) atoms. The molecule has 1 aromatic heterocycles. The zero-order chi connectivity index (χ0) is 13.1. The first kappa shape index (κ1) is 12.2. The zero-order valence-corrected chi connectivity index (χ0v) is 9.58. The van der Waals surface area contributed by atoms with Gasteiger partial charge in [0.15, 0.2) is 0 Å². The van der Waals surface area contributed by atoms with E-state index in [1.807, 2.05) is 0 Å². The molecule has 2 rings (SSSR count). The van der Waals surface area contributed by atoms with E-state index < -0.39 is 17.5 Å². The number of nitrogens with one attached hydrogen (secondary N) is 1. The third kappa shape index (κ3) is 2.68. The molecule has 92 valence electrons. The van der Waals surface area contributed by atoms with Crippen LogP contribution in [0.1, 0.15) is 15.9 Å². The Labute approximate surface area is 102 Å². The number of carbonyl (C=O) groups is 1. The Kier molecular flexibility index (Phi) is 3.32. The third-order valence-electron chi connectivity index (χ3n) is 2.37. The van der Waals surface area contributed by atoms with Crippen LogP contribution < -0.4 is 5.32 Å². The molecule has 0 unspecified atom stereocenters. The van der Waals surface area contributed by atoms with Crippen molar-refractivity contribution in [3.05, 3.63) is 59.3 Å². The first-order chi connectivity index (χ1) is 8.56. The first-order valence-corrected chi connectivity index (χ1v) is 5.25. The minimum absolute atomic E-state index is 0.0856. The van der Waals surface area contributed by atoms with Gasteiger partial charge in [0.1, 0.15) is 17.5 Å². The number of aromatic nitrogens is 1. The Balaban J connectivity index is 2.25. The quantitative estimate of drug-likeness (QED) is 0.887. The molecule has 0 aliphatic rings. The second kappa shape index (κ2) is 4.91. The summed E-state index contributed by atoms with van der Waals surface area (Å²) in [5, 5.41) is 2.50. The maximum Gasteiger partial charge on any atom is 0.257 e. The lowest BCUT2D eigenvalue weighted by atomic mass is 10.2. The van der Waals surface area contributed by atoms with Crippen molar-refractivity contribution in [3.63, 3.8) is 0 Å². The minimum atomic E-state index is -0.794. The van der Waals surface area contributed by atoms with Gasteiger partial charge in [-0.05, 0) is 30.7 Å². The van der Waals surface area contributed by atoms with Gasteiger partial charge in [-0.15, -0.1) is 0 Å². The SMILES string of the molecule is Cc1cccnc1NC(=O)c1cc(F)cc(F)c1. The van der Waals surface area contributed by atoms with Crippen LogP contribution in [0.2, 0.25) is 0 Å². The molecule has 0 bridgehead atoms. The summed E-state index contributed by atoms with van der Waals surface area (Å²) >= 11 is 0. The molecule has 1 amide bonds. The second-order valence-electron chi connectivity index (χ2n) is 3.78. The van der Waals surface area contributed by atoms with E-state index in [4.69, 9.17) is 0 Å². The van der Waals surface area contributed by atoms with E-state index in [-0.39, 0.29) is 5.56 Å². The highest BCUT2D eigenvalue weighted by Crippen LogP contribution is 2.13. The van der Waals surface area contributed by atoms with Crippen LogP contribution in [-0.2, 0) is 0 Å². The summed E-state index contributed by atoms with van der Waals surface area (Å²) in [5.74, 6) is -1.82. The second-order valence-corrected chi connectivity index (χ2v) is 3.78.